The van der Waals surface area contributed by atoms with Gasteiger partial charge in [-0.1, -0.05) is 30.3 Å². The zero-order valence-electron chi connectivity index (χ0n) is 10.2. The third-order valence-corrected chi connectivity index (χ3v) is 5.31. The molecule has 5 aliphatic rings. The molecule has 0 radical (unpaired) electrons. The van der Waals surface area contributed by atoms with Gasteiger partial charge in [0.2, 0.25) is 0 Å². The lowest BCUT2D eigenvalue weighted by Crippen LogP contribution is -2.58. The van der Waals surface area contributed by atoms with Gasteiger partial charge in [-0.2, -0.15) is 0 Å². The zero-order valence-corrected chi connectivity index (χ0v) is 10.2. The third-order valence-electron chi connectivity index (χ3n) is 5.31. The minimum absolute atomic E-state index is 0.644. The Hall–Kier alpha value is -1.11. The summed E-state index contributed by atoms with van der Waals surface area (Å²) in [4.78, 5) is 4.65. The largest absolute Gasteiger partial charge is 0.294 e. The first-order chi connectivity index (χ1) is 8.36. The standard InChI is InChI=1S/C16H19N/c1-2-4-12(5-3-1)6-7-16-9-13-8-14(10-16)17-11-15(13)16/h1-5,11,13-15H,6-10H2. The molecule has 6 rings (SSSR count). The molecule has 4 atom stereocenters. The summed E-state index contributed by atoms with van der Waals surface area (Å²) in [6.45, 7) is 0. The van der Waals surface area contributed by atoms with Crippen molar-refractivity contribution in [3.63, 3.8) is 0 Å². The maximum Gasteiger partial charge on any atom is 0.0504 e. The van der Waals surface area contributed by atoms with E-state index in [9.17, 15) is 0 Å². The van der Waals surface area contributed by atoms with Crippen LogP contribution in [0.25, 0.3) is 0 Å². The monoisotopic (exact) mass is 225 g/mol. The van der Waals surface area contributed by atoms with Crippen LogP contribution in [0.4, 0.5) is 0 Å². The van der Waals surface area contributed by atoms with Crippen molar-refractivity contribution < 1.29 is 0 Å². The molecule has 88 valence electrons. The fraction of sp³-hybridized carbons (Fsp3) is 0.562. The van der Waals surface area contributed by atoms with E-state index in [1.807, 2.05) is 0 Å². The summed E-state index contributed by atoms with van der Waals surface area (Å²) in [5, 5.41) is 0. The van der Waals surface area contributed by atoms with E-state index in [2.05, 4.69) is 41.5 Å². The first-order valence-electron chi connectivity index (χ1n) is 6.93. The van der Waals surface area contributed by atoms with Crippen molar-refractivity contribution in [2.45, 2.75) is 38.1 Å². The van der Waals surface area contributed by atoms with Crippen LogP contribution in [0.5, 0.6) is 0 Å². The summed E-state index contributed by atoms with van der Waals surface area (Å²) < 4.78 is 0. The second-order valence-electron chi connectivity index (χ2n) is 6.23. The van der Waals surface area contributed by atoms with E-state index in [0.29, 0.717) is 11.5 Å². The number of aliphatic imine (C=N–C) groups is 1. The van der Waals surface area contributed by atoms with Gasteiger partial charge in [0.1, 0.15) is 0 Å². The topological polar surface area (TPSA) is 12.4 Å². The number of rotatable bonds is 3. The molecule has 3 saturated carbocycles. The Labute approximate surface area is 103 Å². The lowest BCUT2D eigenvalue weighted by Gasteiger charge is -2.62. The lowest BCUT2D eigenvalue weighted by atomic mass is 9.44. The average Bonchev–Trinajstić information content (AvgIpc) is 2.38. The van der Waals surface area contributed by atoms with Crippen LogP contribution in [0.1, 0.15) is 31.2 Å². The Morgan fingerprint density at radius 2 is 2.06 bits per heavy atom. The van der Waals surface area contributed by atoms with Gasteiger partial charge in [0.05, 0.1) is 6.04 Å². The molecule has 3 fully saturated rings. The molecule has 1 aromatic rings. The van der Waals surface area contributed by atoms with Crippen molar-refractivity contribution in [1.29, 1.82) is 0 Å². The molecule has 17 heavy (non-hydrogen) atoms. The molecule has 3 aliphatic carbocycles. The number of aryl methyl sites for hydroxylation is 1. The Balaban J connectivity index is 1.49. The Bertz CT molecular complexity index is 450. The van der Waals surface area contributed by atoms with Crippen LogP contribution in [-0.2, 0) is 6.42 Å². The predicted molar refractivity (Wildman–Crippen MR) is 70.3 cm³/mol. The second-order valence-corrected chi connectivity index (χ2v) is 6.23. The molecule has 2 heterocycles. The fourth-order valence-electron chi connectivity index (χ4n) is 4.49. The average molecular weight is 225 g/mol. The highest BCUT2D eigenvalue weighted by Crippen LogP contribution is 2.63. The van der Waals surface area contributed by atoms with Crippen LogP contribution in [-0.4, -0.2) is 12.3 Å². The van der Waals surface area contributed by atoms with Crippen molar-refractivity contribution in [2.24, 2.45) is 22.2 Å². The molecule has 4 unspecified atom stereocenters. The van der Waals surface area contributed by atoms with Gasteiger partial charge in [0.25, 0.3) is 0 Å². The molecule has 1 heteroatoms. The van der Waals surface area contributed by atoms with E-state index < -0.39 is 0 Å². The smallest absolute Gasteiger partial charge is 0.0504 e. The van der Waals surface area contributed by atoms with Gasteiger partial charge in [0, 0.05) is 12.1 Å². The minimum atomic E-state index is 0.644. The van der Waals surface area contributed by atoms with Crippen LogP contribution in [0.3, 0.4) is 0 Å². The van der Waals surface area contributed by atoms with Gasteiger partial charge in [-0.25, -0.2) is 0 Å². The molecule has 0 amide bonds. The van der Waals surface area contributed by atoms with Crippen LogP contribution >= 0.6 is 0 Å². The van der Waals surface area contributed by atoms with Crippen molar-refractivity contribution in [3.05, 3.63) is 35.9 Å². The lowest BCUT2D eigenvalue weighted by molar-refractivity contribution is -0.0730. The molecular weight excluding hydrogens is 206 g/mol. The highest BCUT2D eigenvalue weighted by atomic mass is 14.9. The highest BCUT2D eigenvalue weighted by molar-refractivity contribution is 5.67. The molecule has 0 saturated heterocycles. The van der Waals surface area contributed by atoms with Crippen LogP contribution < -0.4 is 0 Å². The maximum atomic E-state index is 4.65. The van der Waals surface area contributed by atoms with Crippen LogP contribution in [0.15, 0.2) is 35.3 Å². The van der Waals surface area contributed by atoms with E-state index in [0.717, 1.165) is 11.8 Å². The van der Waals surface area contributed by atoms with E-state index in [-0.39, 0.29) is 0 Å². The first kappa shape index (κ1) is 9.87. The molecule has 0 aromatic heterocycles. The Morgan fingerprint density at radius 1 is 1.18 bits per heavy atom. The van der Waals surface area contributed by atoms with Crippen LogP contribution in [0.2, 0.25) is 0 Å². The van der Waals surface area contributed by atoms with Gasteiger partial charge in [-0.05, 0) is 49.0 Å². The van der Waals surface area contributed by atoms with E-state index in [1.54, 1.807) is 0 Å². The Kier molecular flexibility index (Phi) is 2.00. The zero-order chi connectivity index (χ0) is 11.3. The normalized spacial score (nSPS) is 41.3. The maximum absolute atomic E-state index is 4.65. The van der Waals surface area contributed by atoms with Gasteiger partial charge >= 0.3 is 0 Å². The Morgan fingerprint density at radius 3 is 2.76 bits per heavy atom. The van der Waals surface area contributed by atoms with Crippen molar-refractivity contribution >= 4 is 6.21 Å². The fourth-order valence-corrected chi connectivity index (χ4v) is 4.49. The predicted octanol–water partition coefficient (Wildman–Crippen LogP) is 3.49. The van der Waals surface area contributed by atoms with Gasteiger partial charge in [-0.15, -0.1) is 0 Å². The van der Waals surface area contributed by atoms with Gasteiger partial charge < -0.3 is 0 Å². The summed E-state index contributed by atoms with van der Waals surface area (Å²) in [5.41, 5.74) is 2.15. The van der Waals surface area contributed by atoms with Crippen LogP contribution in [0, 0.1) is 17.3 Å². The third kappa shape index (κ3) is 1.41. The number of nitrogens with zero attached hydrogens (tertiary/aromatic N) is 1. The quantitative estimate of drug-likeness (QED) is 0.746. The molecule has 0 spiro atoms. The molecular formula is C16H19N. The van der Waals surface area contributed by atoms with Gasteiger partial charge in [0.15, 0.2) is 0 Å². The van der Waals surface area contributed by atoms with E-state index in [1.165, 1.54) is 37.7 Å². The van der Waals surface area contributed by atoms with Gasteiger partial charge in [-0.3, -0.25) is 4.99 Å². The SMILES string of the molecule is C1=NC2CC3CC(CCc4ccccc4)(C2)C13. The first-order valence-corrected chi connectivity index (χ1v) is 6.93. The molecule has 1 aromatic carbocycles. The second kappa shape index (κ2) is 3.44. The summed E-state index contributed by atoms with van der Waals surface area (Å²) in [6, 6.07) is 11.6. The summed E-state index contributed by atoms with van der Waals surface area (Å²) in [7, 11) is 0. The summed E-state index contributed by atoms with van der Waals surface area (Å²) >= 11 is 0. The van der Waals surface area contributed by atoms with E-state index in [4.69, 9.17) is 0 Å². The minimum Gasteiger partial charge on any atom is -0.294 e. The van der Waals surface area contributed by atoms with Crippen molar-refractivity contribution in [3.8, 4) is 0 Å². The summed E-state index contributed by atoms with van der Waals surface area (Å²) in [5.74, 6) is 1.82. The molecule has 2 aliphatic heterocycles. The van der Waals surface area contributed by atoms with E-state index >= 15 is 0 Å². The molecule has 1 nitrogen and oxygen atoms in total. The highest BCUT2D eigenvalue weighted by Gasteiger charge is 2.59. The van der Waals surface area contributed by atoms with Crippen molar-refractivity contribution in [1.82, 2.24) is 0 Å². The number of hydrogen-bond acceptors (Lipinski definition) is 1. The molecule has 4 bridgehead atoms. The van der Waals surface area contributed by atoms with Crippen molar-refractivity contribution in [2.75, 3.05) is 0 Å². The summed E-state index contributed by atoms with van der Waals surface area (Å²) in [6.07, 6.45) is 9.17. The number of hydrogen-bond donors (Lipinski definition) is 0. The molecule has 0 N–H and O–H groups in total. The number of benzene rings is 1.